The largest absolute Gasteiger partial charge is 0.317 e. The molecule has 14 heavy (non-hydrogen) atoms. The van der Waals surface area contributed by atoms with Crippen molar-refractivity contribution in [2.75, 3.05) is 13.1 Å². The lowest BCUT2D eigenvalue weighted by molar-refractivity contribution is -0.123. The van der Waals surface area contributed by atoms with Crippen molar-refractivity contribution in [3.63, 3.8) is 0 Å². The van der Waals surface area contributed by atoms with Crippen LogP contribution in [0.5, 0.6) is 0 Å². The molecule has 0 aromatic rings. The van der Waals surface area contributed by atoms with Gasteiger partial charge >= 0.3 is 0 Å². The van der Waals surface area contributed by atoms with Gasteiger partial charge in [0.05, 0.1) is 0 Å². The van der Waals surface area contributed by atoms with Crippen LogP contribution in [0.25, 0.3) is 0 Å². The van der Waals surface area contributed by atoms with E-state index in [0.717, 1.165) is 19.5 Å². The summed E-state index contributed by atoms with van der Waals surface area (Å²) in [6.07, 6.45) is 3.16. The van der Waals surface area contributed by atoms with Crippen molar-refractivity contribution in [2.45, 2.75) is 47.0 Å². The second-order valence-electron chi connectivity index (χ2n) is 4.02. The van der Waals surface area contributed by atoms with Crippen LogP contribution >= 0.6 is 0 Å². The first-order chi connectivity index (χ1) is 6.70. The highest BCUT2D eigenvalue weighted by Crippen LogP contribution is 2.18. The van der Waals surface area contributed by atoms with Crippen molar-refractivity contribution < 1.29 is 4.79 Å². The monoisotopic (exact) mass is 199 g/mol. The van der Waals surface area contributed by atoms with Crippen LogP contribution in [0.3, 0.4) is 0 Å². The molecule has 0 bridgehead atoms. The third-order valence-electron chi connectivity index (χ3n) is 2.59. The molecular formula is C12H25NO. The van der Waals surface area contributed by atoms with Crippen LogP contribution < -0.4 is 5.32 Å². The van der Waals surface area contributed by atoms with Crippen LogP contribution in [0, 0.1) is 11.8 Å². The van der Waals surface area contributed by atoms with E-state index in [-0.39, 0.29) is 5.92 Å². The fourth-order valence-corrected chi connectivity index (χ4v) is 1.61. The molecule has 84 valence electrons. The average molecular weight is 199 g/mol. The quantitative estimate of drug-likeness (QED) is 0.757. The Kier molecular flexibility index (Phi) is 7.77. The zero-order valence-corrected chi connectivity index (χ0v) is 10.1. The summed E-state index contributed by atoms with van der Waals surface area (Å²) in [6.45, 7) is 10.2. The van der Waals surface area contributed by atoms with Gasteiger partial charge in [0.2, 0.25) is 0 Å². The van der Waals surface area contributed by atoms with Gasteiger partial charge in [-0.2, -0.15) is 0 Å². The van der Waals surface area contributed by atoms with E-state index in [1.54, 1.807) is 0 Å². The van der Waals surface area contributed by atoms with Gasteiger partial charge < -0.3 is 5.32 Å². The molecule has 0 aromatic carbocycles. The molecule has 0 spiro atoms. The van der Waals surface area contributed by atoms with Gasteiger partial charge in [0.15, 0.2) is 0 Å². The van der Waals surface area contributed by atoms with Crippen LogP contribution in [0.4, 0.5) is 0 Å². The third kappa shape index (κ3) is 5.38. The summed E-state index contributed by atoms with van der Waals surface area (Å²) in [6, 6.07) is 0. The molecule has 2 heteroatoms. The van der Waals surface area contributed by atoms with Gasteiger partial charge in [0, 0.05) is 12.3 Å². The summed E-state index contributed by atoms with van der Waals surface area (Å²) in [7, 11) is 0. The molecule has 1 N–H and O–H groups in total. The number of hydrogen-bond acceptors (Lipinski definition) is 2. The van der Waals surface area contributed by atoms with Gasteiger partial charge in [-0.25, -0.2) is 0 Å². The Morgan fingerprint density at radius 2 is 1.79 bits per heavy atom. The molecule has 2 nitrogen and oxygen atoms in total. The highest BCUT2D eigenvalue weighted by molar-refractivity contribution is 5.80. The zero-order chi connectivity index (χ0) is 11.0. The normalized spacial score (nSPS) is 17.5. The van der Waals surface area contributed by atoms with Crippen molar-refractivity contribution in [3.05, 3.63) is 0 Å². The van der Waals surface area contributed by atoms with Crippen molar-refractivity contribution in [3.8, 4) is 0 Å². The smallest absolute Gasteiger partial charge is 0.135 e. The third-order valence-corrected chi connectivity index (χ3v) is 2.59. The van der Waals surface area contributed by atoms with Gasteiger partial charge in [-0.15, -0.1) is 0 Å². The van der Waals surface area contributed by atoms with E-state index in [1.807, 2.05) is 27.7 Å². The molecule has 0 saturated carbocycles. The van der Waals surface area contributed by atoms with Crippen molar-refractivity contribution in [1.29, 1.82) is 0 Å². The van der Waals surface area contributed by atoms with Crippen LogP contribution in [0.1, 0.15) is 47.0 Å². The number of nitrogens with one attached hydrogen (secondary N) is 1. The van der Waals surface area contributed by atoms with Gasteiger partial charge in [-0.3, -0.25) is 4.79 Å². The summed E-state index contributed by atoms with van der Waals surface area (Å²) in [5.74, 6) is 1.31. The first-order valence-corrected chi connectivity index (χ1v) is 5.93. The molecule has 1 fully saturated rings. The summed E-state index contributed by atoms with van der Waals surface area (Å²) in [5, 5.41) is 3.31. The van der Waals surface area contributed by atoms with Gasteiger partial charge in [0.1, 0.15) is 5.78 Å². The number of ketones is 1. The van der Waals surface area contributed by atoms with E-state index in [2.05, 4.69) is 5.32 Å². The lowest BCUT2D eigenvalue weighted by atomic mass is 9.90. The minimum absolute atomic E-state index is 0.222. The van der Waals surface area contributed by atoms with Crippen LogP contribution in [-0.4, -0.2) is 18.9 Å². The molecule has 0 aromatic heterocycles. The maximum absolute atomic E-state index is 11.4. The Hall–Kier alpha value is -0.370. The van der Waals surface area contributed by atoms with E-state index in [9.17, 15) is 4.79 Å². The van der Waals surface area contributed by atoms with E-state index in [4.69, 9.17) is 0 Å². The van der Waals surface area contributed by atoms with Crippen molar-refractivity contribution in [2.24, 2.45) is 11.8 Å². The Balaban J connectivity index is 0.000000791. The van der Waals surface area contributed by atoms with E-state index < -0.39 is 0 Å². The van der Waals surface area contributed by atoms with E-state index >= 15 is 0 Å². The minimum atomic E-state index is 0.222. The van der Waals surface area contributed by atoms with Crippen LogP contribution in [0.15, 0.2) is 0 Å². The standard InChI is InChI=1S/C10H19NO.C2H6/c1-8(2)10(12)7-9-3-5-11-6-4-9;1-2/h8-9,11H,3-7H2,1-2H3;1-2H3. The molecule has 0 unspecified atom stereocenters. The predicted octanol–water partition coefficient (Wildman–Crippen LogP) is 2.63. The number of piperidine rings is 1. The number of carbonyl (C=O) groups excluding carboxylic acids is 1. The molecule has 1 rings (SSSR count). The molecule has 1 saturated heterocycles. The Bertz CT molecular complexity index is 148. The summed E-state index contributed by atoms with van der Waals surface area (Å²) < 4.78 is 0. The lowest BCUT2D eigenvalue weighted by Gasteiger charge is -2.22. The number of carbonyl (C=O) groups is 1. The molecule has 1 aliphatic rings. The molecule has 0 aliphatic carbocycles. The Labute approximate surface area is 88.5 Å². The molecular weight excluding hydrogens is 174 g/mol. The summed E-state index contributed by atoms with van der Waals surface area (Å²) in [5.41, 5.74) is 0. The maximum atomic E-state index is 11.4. The Morgan fingerprint density at radius 3 is 2.21 bits per heavy atom. The second-order valence-corrected chi connectivity index (χ2v) is 4.02. The zero-order valence-electron chi connectivity index (χ0n) is 10.1. The lowest BCUT2D eigenvalue weighted by Crippen LogP contribution is -2.29. The topological polar surface area (TPSA) is 29.1 Å². The second kappa shape index (κ2) is 7.98. The fourth-order valence-electron chi connectivity index (χ4n) is 1.61. The molecule has 0 atom stereocenters. The van der Waals surface area contributed by atoms with Crippen molar-refractivity contribution >= 4 is 5.78 Å². The van der Waals surface area contributed by atoms with E-state index in [1.165, 1.54) is 12.8 Å². The number of hydrogen-bond donors (Lipinski definition) is 1. The number of rotatable bonds is 3. The van der Waals surface area contributed by atoms with Crippen LogP contribution in [0.2, 0.25) is 0 Å². The average Bonchev–Trinajstić information content (AvgIpc) is 2.22. The highest BCUT2D eigenvalue weighted by Gasteiger charge is 2.17. The SMILES string of the molecule is CC.CC(C)C(=O)CC1CCNCC1. The fraction of sp³-hybridized carbons (Fsp3) is 0.917. The first-order valence-electron chi connectivity index (χ1n) is 5.93. The molecule has 1 aliphatic heterocycles. The first kappa shape index (κ1) is 13.6. The van der Waals surface area contributed by atoms with Crippen molar-refractivity contribution in [1.82, 2.24) is 5.32 Å². The van der Waals surface area contributed by atoms with E-state index in [0.29, 0.717) is 11.7 Å². The van der Waals surface area contributed by atoms with Gasteiger partial charge in [0.25, 0.3) is 0 Å². The predicted molar refractivity (Wildman–Crippen MR) is 61.4 cm³/mol. The van der Waals surface area contributed by atoms with Crippen LogP contribution in [-0.2, 0) is 4.79 Å². The summed E-state index contributed by atoms with van der Waals surface area (Å²) >= 11 is 0. The summed E-state index contributed by atoms with van der Waals surface area (Å²) in [4.78, 5) is 11.4. The van der Waals surface area contributed by atoms with Gasteiger partial charge in [-0.1, -0.05) is 27.7 Å². The maximum Gasteiger partial charge on any atom is 0.135 e. The minimum Gasteiger partial charge on any atom is -0.317 e. The number of Topliss-reactive ketones (excluding diaryl/α,β-unsaturated/α-hetero) is 1. The molecule has 0 radical (unpaired) electrons. The Morgan fingerprint density at radius 1 is 1.29 bits per heavy atom. The molecule has 1 heterocycles. The van der Waals surface area contributed by atoms with Gasteiger partial charge in [-0.05, 0) is 31.8 Å². The highest BCUT2D eigenvalue weighted by atomic mass is 16.1. The molecule has 0 amide bonds.